The van der Waals surface area contributed by atoms with Crippen LogP contribution in [0.15, 0.2) is 24.4 Å². The molecule has 0 bridgehead atoms. The van der Waals surface area contributed by atoms with Crippen LogP contribution in [-0.4, -0.2) is 30.5 Å². The van der Waals surface area contributed by atoms with Gasteiger partial charge in [-0.2, -0.15) is 0 Å². The molecule has 2 aromatic carbocycles. The van der Waals surface area contributed by atoms with Crippen molar-refractivity contribution in [1.82, 2.24) is 19.7 Å². The minimum absolute atomic E-state index is 0.255. The van der Waals surface area contributed by atoms with Gasteiger partial charge in [0, 0.05) is 22.7 Å². The topological polar surface area (TPSA) is 78.8 Å². The van der Waals surface area contributed by atoms with Crippen LogP contribution in [0.4, 0.5) is 14.5 Å². The summed E-state index contributed by atoms with van der Waals surface area (Å²) in [5, 5.41) is 22.3. The molecule has 34 heavy (non-hydrogen) atoms. The number of nitrogens with zero attached hydrogens (tertiary/aromatic N) is 3. The average molecular weight is 462 g/mol. The van der Waals surface area contributed by atoms with Crippen molar-refractivity contribution in [2.24, 2.45) is 0 Å². The number of hydrogen-bond donors (Lipinski definition) is 3. The number of aliphatic hydroxyl groups is 1. The lowest BCUT2D eigenvalue weighted by Gasteiger charge is -2.35. The molecule has 0 saturated carbocycles. The zero-order valence-electron chi connectivity index (χ0n) is 19.9. The maximum Gasteiger partial charge on any atom is 0.162 e. The predicted molar refractivity (Wildman–Crippen MR) is 128 cm³/mol. The molecule has 1 aliphatic rings. The molecule has 0 radical (unpaired) electrons. The molecule has 4 aromatic rings. The van der Waals surface area contributed by atoms with Gasteiger partial charge in [-0.05, 0) is 65.3 Å². The van der Waals surface area contributed by atoms with Gasteiger partial charge >= 0.3 is 0 Å². The Hall–Kier alpha value is -3.70. The van der Waals surface area contributed by atoms with Crippen molar-refractivity contribution in [3.05, 3.63) is 58.8 Å². The van der Waals surface area contributed by atoms with E-state index in [1.54, 1.807) is 37.6 Å². The summed E-state index contributed by atoms with van der Waals surface area (Å²) in [6.07, 6.45) is 1.64. The van der Waals surface area contributed by atoms with Crippen molar-refractivity contribution in [2.45, 2.75) is 52.7 Å². The fraction of sp³-hybridized carbons (Fsp3) is 0.308. The molecule has 0 fully saturated rings. The van der Waals surface area contributed by atoms with Gasteiger partial charge in [0.15, 0.2) is 11.6 Å². The molecule has 8 heteroatoms. The van der Waals surface area contributed by atoms with Crippen LogP contribution in [-0.2, 0) is 5.54 Å². The van der Waals surface area contributed by atoms with Crippen molar-refractivity contribution < 1.29 is 13.9 Å². The third kappa shape index (κ3) is 3.35. The summed E-state index contributed by atoms with van der Waals surface area (Å²) in [4.78, 5) is 3.12. The van der Waals surface area contributed by atoms with Gasteiger partial charge in [-0.15, -0.1) is 10.2 Å². The molecule has 0 unspecified atom stereocenters. The Morgan fingerprint density at radius 3 is 2.53 bits per heavy atom. The SMILES string of the molecule is Cc1cc(-c2cc(F)cc3c(C#CC(C)(C)O)c[nH]c23)c(F)c2c1NC(C)(C)c1nnc(C)n1-2. The minimum atomic E-state index is -1.20. The molecule has 3 heterocycles. The Labute approximate surface area is 196 Å². The van der Waals surface area contributed by atoms with Crippen molar-refractivity contribution in [3.63, 3.8) is 0 Å². The fourth-order valence-corrected chi connectivity index (χ4v) is 4.48. The van der Waals surface area contributed by atoms with Gasteiger partial charge in [0.05, 0.1) is 22.3 Å². The van der Waals surface area contributed by atoms with E-state index in [1.807, 2.05) is 20.8 Å². The Kier molecular flexibility index (Phi) is 4.65. The van der Waals surface area contributed by atoms with Crippen LogP contribution in [0, 0.1) is 37.3 Å². The third-order valence-electron chi connectivity index (χ3n) is 6.03. The van der Waals surface area contributed by atoms with E-state index in [0.29, 0.717) is 45.1 Å². The number of fused-ring (bicyclic) bond motifs is 4. The van der Waals surface area contributed by atoms with Gasteiger partial charge in [-0.1, -0.05) is 11.8 Å². The molecule has 0 aliphatic carbocycles. The van der Waals surface area contributed by atoms with Crippen LogP contribution in [0.25, 0.3) is 27.7 Å². The number of H-pyrrole nitrogens is 1. The number of aromatic amines is 1. The first kappa shape index (κ1) is 22.1. The van der Waals surface area contributed by atoms with E-state index < -0.39 is 22.8 Å². The van der Waals surface area contributed by atoms with Crippen LogP contribution in [0.1, 0.15) is 50.5 Å². The van der Waals surface area contributed by atoms with E-state index in [2.05, 4.69) is 32.3 Å². The maximum atomic E-state index is 16.3. The van der Waals surface area contributed by atoms with E-state index in [-0.39, 0.29) is 5.56 Å². The van der Waals surface area contributed by atoms with Crippen molar-refractivity contribution in [1.29, 1.82) is 0 Å². The summed E-state index contributed by atoms with van der Waals surface area (Å²) in [6.45, 7) is 10.7. The summed E-state index contributed by atoms with van der Waals surface area (Å²) in [7, 11) is 0. The molecular formula is C26H25F2N5O. The number of hydrogen-bond acceptors (Lipinski definition) is 4. The summed E-state index contributed by atoms with van der Waals surface area (Å²) in [6, 6.07) is 4.40. The van der Waals surface area contributed by atoms with Gasteiger partial charge < -0.3 is 15.4 Å². The first-order chi connectivity index (χ1) is 15.9. The molecule has 0 amide bonds. The quantitative estimate of drug-likeness (QED) is 0.345. The zero-order valence-corrected chi connectivity index (χ0v) is 19.9. The Morgan fingerprint density at radius 2 is 1.82 bits per heavy atom. The van der Waals surface area contributed by atoms with Crippen LogP contribution in [0.3, 0.4) is 0 Å². The van der Waals surface area contributed by atoms with E-state index in [1.165, 1.54) is 12.1 Å². The van der Waals surface area contributed by atoms with Gasteiger partial charge in [-0.25, -0.2) is 8.78 Å². The molecule has 6 nitrogen and oxygen atoms in total. The number of anilines is 1. The molecule has 5 rings (SSSR count). The average Bonchev–Trinajstić information content (AvgIpc) is 3.32. The molecule has 0 atom stereocenters. The molecule has 2 aromatic heterocycles. The molecule has 0 spiro atoms. The van der Waals surface area contributed by atoms with Crippen molar-refractivity contribution in [3.8, 4) is 28.7 Å². The lowest BCUT2D eigenvalue weighted by atomic mass is 9.93. The highest BCUT2D eigenvalue weighted by Crippen LogP contribution is 2.44. The molecule has 3 N–H and O–H groups in total. The standard InChI is InChI=1S/C26H25F2N5O/c1-13-9-18(20(28)23-21(13)30-26(5,6)24-32-31-14(2)33(23)24)19-11-16(27)10-17-15(12-29-22(17)19)7-8-25(3,4)34/h9-12,29-30,34H,1-6H3. The van der Waals surface area contributed by atoms with Crippen LogP contribution >= 0.6 is 0 Å². The second-order valence-corrected chi connectivity index (χ2v) is 9.82. The number of nitrogens with one attached hydrogen (secondary N) is 2. The monoisotopic (exact) mass is 461 g/mol. The summed E-state index contributed by atoms with van der Waals surface area (Å²) in [5.41, 5.74) is 1.75. The fourth-order valence-electron chi connectivity index (χ4n) is 4.48. The predicted octanol–water partition coefficient (Wildman–Crippen LogP) is 5.09. The van der Waals surface area contributed by atoms with E-state index in [0.717, 1.165) is 5.56 Å². The first-order valence-corrected chi connectivity index (χ1v) is 11.0. The first-order valence-electron chi connectivity index (χ1n) is 11.0. The maximum absolute atomic E-state index is 16.3. The number of halogens is 2. The molecule has 174 valence electrons. The van der Waals surface area contributed by atoms with Crippen molar-refractivity contribution >= 4 is 16.6 Å². The Bertz CT molecular complexity index is 1540. The molecule has 0 saturated heterocycles. The Morgan fingerprint density at radius 1 is 1.09 bits per heavy atom. The summed E-state index contributed by atoms with van der Waals surface area (Å²) in [5.74, 6) is 5.79. The largest absolute Gasteiger partial charge is 0.378 e. The second kappa shape index (κ2) is 7.15. The van der Waals surface area contributed by atoms with Gasteiger partial charge in [-0.3, -0.25) is 4.57 Å². The third-order valence-corrected chi connectivity index (χ3v) is 6.03. The summed E-state index contributed by atoms with van der Waals surface area (Å²) >= 11 is 0. The highest BCUT2D eigenvalue weighted by molar-refractivity contribution is 5.98. The number of rotatable bonds is 1. The summed E-state index contributed by atoms with van der Waals surface area (Å²) < 4.78 is 32.8. The number of benzene rings is 2. The smallest absolute Gasteiger partial charge is 0.162 e. The van der Waals surface area contributed by atoms with Gasteiger partial charge in [0.1, 0.15) is 22.9 Å². The lowest BCUT2D eigenvalue weighted by molar-refractivity contribution is 0.143. The highest BCUT2D eigenvalue weighted by atomic mass is 19.1. The number of aryl methyl sites for hydroxylation is 2. The van der Waals surface area contributed by atoms with Crippen LogP contribution in [0.5, 0.6) is 0 Å². The van der Waals surface area contributed by atoms with E-state index >= 15 is 4.39 Å². The van der Waals surface area contributed by atoms with Gasteiger partial charge in [0.25, 0.3) is 0 Å². The van der Waals surface area contributed by atoms with Gasteiger partial charge in [0.2, 0.25) is 0 Å². The molecular weight excluding hydrogens is 436 g/mol. The number of aromatic nitrogens is 4. The minimum Gasteiger partial charge on any atom is -0.378 e. The second-order valence-electron chi connectivity index (χ2n) is 9.82. The Balaban J connectivity index is 1.79. The van der Waals surface area contributed by atoms with Crippen LogP contribution < -0.4 is 5.32 Å². The van der Waals surface area contributed by atoms with Crippen molar-refractivity contribution in [2.75, 3.05) is 5.32 Å². The normalized spacial score (nSPS) is 14.3. The van der Waals surface area contributed by atoms with E-state index in [4.69, 9.17) is 0 Å². The molecule has 1 aliphatic heterocycles. The lowest BCUT2D eigenvalue weighted by Crippen LogP contribution is -2.36. The highest BCUT2D eigenvalue weighted by Gasteiger charge is 2.37. The van der Waals surface area contributed by atoms with Crippen LogP contribution in [0.2, 0.25) is 0 Å². The van der Waals surface area contributed by atoms with E-state index in [9.17, 15) is 9.50 Å². The zero-order chi connectivity index (χ0) is 24.6.